The summed E-state index contributed by atoms with van der Waals surface area (Å²) in [5.41, 5.74) is 2.26. The van der Waals surface area contributed by atoms with Crippen molar-refractivity contribution in [2.75, 3.05) is 23.3 Å². The fourth-order valence-corrected chi connectivity index (χ4v) is 5.55. The lowest BCUT2D eigenvalue weighted by molar-refractivity contribution is -0.114. The van der Waals surface area contributed by atoms with Crippen LogP contribution in [0.1, 0.15) is 11.1 Å². The summed E-state index contributed by atoms with van der Waals surface area (Å²) < 4.78 is 39.9. The molecule has 0 unspecified atom stereocenters. The van der Waals surface area contributed by atoms with Crippen LogP contribution < -0.4 is 19.1 Å². The van der Waals surface area contributed by atoms with Crippen molar-refractivity contribution < 1.29 is 22.7 Å². The highest BCUT2D eigenvalue weighted by molar-refractivity contribution is 7.93. The van der Waals surface area contributed by atoms with Crippen molar-refractivity contribution in [2.24, 2.45) is 0 Å². The number of aryl methyl sites for hydroxylation is 2. The third-order valence-corrected chi connectivity index (χ3v) is 7.94. The van der Waals surface area contributed by atoms with Crippen molar-refractivity contribution in [2.45, 2.75) is 18.7 Å². The molecule has 0 aromatic heterocycles. The van der Waals surface area contributed by atoms with E-state index in [1.165, 1.54) is 19.2 Å². The second-order valence-corrected chi connectivity index (χ2v) is 10.8. The number of ether oxygens (including phenoxy) is 2. The minimum Gasteiger partial charge on any atom is -0.495 e. The van der Waals surface area contributed by atoms with Gasteiger partial charge in [0.15, 0.2) is 0 Å². The fourth-order valence-electron chi connectivity index (χ4n) is 3.72. The Balaban J connectivity index is 1.60. The van der Waals surface area contributed by atoms with Crippen LogP contribution in [0.2, 0.25) is 5.02 Å². The quantitative estimate of drug-likeness (QED) is 0.254. The average Bonchev–Trinajstić information content (AvgIpc) is 2.90. The summed E-state index contributed by atoms with van der Waals surface area (Å²) in [6.45, 7) is 3.11. The first-order valence-electron chi connectivity index (χ1n) is 11.7. The molecule has 7 nitrogen and oxygen atoms in total. The molecule has 4 aromatic carbocycles. The molecule has 0 fully saturated rings. The summed E-state index contributed by atoms with van der Waals surface area (Å²) in [6.07, 6.45) is 0. The van der Waals surface area contributed by atoms with Gasteiger partial charge in [0.25, 0.3) is 10.0 Å². The van der Waals surface area contributed by atoms with Crippen LogP contribution in [0, 0.1) is 13.8 Å². The van der Waals surface area contributed by atoms with Crippen LogP contribution in [0.5, 0.6) is 17.2 Å². The first-order chi connectivity index (χ1) is 18.2. The van der Waals surface area contributed by atoms with Crippen molar-refractivity contribution in [3.05, 3.63) is 107 Å². The number of rotatable bonds is 9. The van der Waals surface area contributed by atoms with Gasteiger partial charge in [-0.2, -0.15) is 0 Å². The molecule has 0 saturated carbocycles. The van der Waals surface area contributed by atoms with Gasteiger partial charge < -0.3 is 14.8 Å². The summed E-state index contributed by atoms with van der Waals surface area (Å²) in [4.78, 5) is 13.1. The zero-order valence-corrected chi connectivity index (χ0v) is 22.7. The number of halogens is 1. The molecule has 4 aromatic rings. The number of carbonyl (C=O) groups is 1. The molecule has 0 heterocycles. The Morgan fingerprint density at radius 1 is 0.895 bits per heavy atom. The SMILES string of the molecule is COc1ccc(C)cc1S(=O)(=O)N(CC(=O)Nc1ccc(Oc2ccccc2)cc1)c1ccc(C)c(Cl)c1. The van der Waals surface area contributed by atoms with Gasteiger partial charge in [-0.3, -0.25) is 9.10 Å². The van der Waals surface area contributed by atoms with Gasteiger partial charge in [-0.15, -0.1) is 0 Å². The number of hydrogen-bond donors (Lipinski definition) is 1. The normalized spacial score (nSPS) is 11.1. The molecule has 4 rings (SSSR count). The molecule has 0 saturated heterocycles. The molecular formula is C29H27ClN2O5S. The van der Waals surface area contributed by atoms with Crippen LogP contribution in [0.25, 0.3) is 0 Å². The van der Waals surface area contributed by atoms with E-state index in [0.29, 0.717) is 22.2 Å². The van der Waals surface area contributed by atoms with Crippen LogP contribution in [-0.2, 0) is 14.8 Å². The molecule has 1 N–H and O–H groups in total. The summed E-state index contributed by atoms with van der Waals surface area (Å²) in [7, 11) is -2.81. The summed E-state index contributed by atoms with van der Waals surface area (Å²) in [6, 6.07) is 25.8. The number of methoxy groups -OCH3 is 1. The Morgan fingerprint density at radius 3 is 2.24 bits per heavy atom. The van der Waals surface area contributed by atoms with Gasteiger partial charge in [0.05, 0.1) is 12.8 Å². The van der Waals surface area contributed by atoms with E-state index in [2.05, 4.69) is 5.32 Å². The number of anilines is 2. The minimum atomic E-state index is -4.21. The summed E-state index contributed by atoms with van der Waals surface area (Å²) in [5.74, 6) is 0.926. The number of para-hydroxylation sites is 1. The molecule has 0 radical (unpaired) electrons. The van der Waals surface area contributed by atoms with Crippen molar-refractivity contribution in [3.63, 3.8) is 0 Å². The summed E-state index contributed by atoms with van der Waals surface area (Å²) in [5, 5.41) is 3.14. The smallest absolute Gasteiger partial charge is 0.268 e. The van der Waals surface area contributed by atoms with E-state index in [4.69, 9.17) is 21.1 Å². The van der Waals surface area contributed by atoms with Crippen molar-refractivity contribution in [3.8, 4) is 17.2 Å². The molecule has 0 aliphatic heterocycles. The topological polar surface area (TPSA) is 84.9 Å². The Bertz CT molecular complexity index is 1540. The highest BCUT2D eigenvalue weighted by Gasteiger charge is 2.30. The summed E-state index contributed by atoms with van der Waals surface area (Å²) >= 11 is 6.32. The second kappa shape index (κ2) is 11.6. The van der Waals surface area contributed by atoms with Gasteiger partial charge in [-0.1, -0.05) is 41.9 Å². The highest BCUT2D eigenvalue weighted by Crippen LogP contribution is 2.33. The number of sulfonamides is 1. The first kappa shape index (κ1) is 27.0. The third kappa shape index (κ3) is 6.27. The van der Waals surface area contributed by atoms with Crippen LogP contribution in [0.3, 0.4) is 0 Å². The lowest BCUT2D eigenvalue weighted by Gasteiger charge is -2.25. The van der Waals surface area contributed by atoms with Crippen LogP contribution in [-0.4, -0.2) is 28.0 Å². The van der Waals surface area contributed by atoms with Crippen molar-refractivity contribution in [1.29, 1.82) is 0 Å². The van der Waals surface area contributed by atoms with E-state index in [1.807, 2.05) is 37.3 Å². The van der Waals surface area contributed by atoms with E-state index in [1.54, 1.807) is 55.5 Å². The number of hydrogen-bond acceptors (Lipinski definition) is 5. The maximum absolute atomic E-state index is 13.9. The number of carbonyl (C=O) groups excluding carboxylic acids is 1. The van der Waals surface area contributed by atoms with Crippen LogP contribution >= 0.6 is 11.6 Å². The number of nitrogens with one attached hydrogen (secondary N) is 1. The third-order valence-electron chi connectivity index (χ3n) is 5.73. The van der Waals surface area contributed by atoms with E-state index in [-0.39, 0.29) is 16.3 Å². The molecule has 0 spiro atoms. The maximum Gasteiger partial charge on any atom is 0.268 e. The van der Waals surface area contributed by atoms with Gasteiger partial charge in [0.2, 0.25) is 5.91 Å². The van der Waals surface area contributed by atoms with Crippen molar-refractivity contribution >= 4 is 38.9 Å². The molecule has 0 bridgehead atoms. The molecular weight excluding hydrogens is 524 g/mol. The van der Waals surface area contributed by atoms with Crippen molar-refractivity contribution in [1.82, 2.24) is 0 Å². The molecule has 0 atom stereocenters. The van der Waals surface area contributed by atoms with Gasteiger partial charge in [0, 0.05) is 10.7 Å². The predicted octanol–water partition coefficient (Wildman–Crippen LogP) is 6.59. The lowest BCUT2D eigenvalue weighted by atomic mass is 10.2. The fraction of sp³-hybridized carbons (Fsp3) is 0.138. The second-order valence-electron chi connectivity index (χ2n) is 8.59. The van der Waals surface area contributed by atoms with Crippen LogP contribution in [0.15, 0.2) is 95.9 Å². The van der Waals surface area contributed by atoms with Gasteiger partial charge in [0.1, 0.15) is 28.7 Å². The Labute approximate surface area is 227 Å². The zero-order chi connectivity index (χ0) is 27.3. The number of benzene rings is 4. The van der Waals surface area contributed by atoms with E-state index in [9.17, 15) is 13.2 Å². The van der Waals surface area contributed by atoms with E-state index < -0.39 is 22.5 Å². The van der Waals surface area contributed by atoms with Crippen LogP contribution in [0.4, 0.5) is 11.4 Å². The Hall–Kier alpha value is -4.01. The molecule has 9 heteroatoms. The zero-order valence-electron chi connectivity index (χ0n) is 21.1. The predicted molar refractivity (Wildman–Crippen MR) is 150 cm³/mol. The first-order valence-corrected chi connectivity index (χ1v) is 13.6. The monoisotopic (exact) mass is 550 g/mol. The molecule has 1 amide bonds. The van der Waals surface area contributed by atoms with E-state index in [0.717, 1.165) is 15.4 Å². The largest absolute Gasteiger partial charge is 0.495 e. The Morgan fingerprint density at radius 2 is 1.58 bits per heavy atom. The van der Waals surface area contributed by atoms with Gasteiger partial charge >= 0.3 is 0 Å². The number of amides is 1. The highest BCUT2D eigenvalue weighted by atomic mass is 35.5. The van der Waals surface area contributed by atoms with E-state index >= 15 is 0 Å². The molecule has 0 aliphatic carbocycles. The Kier molecular flexibility index (Phi) is 8.24. The maximum atomic E-state index is 13.9. The number of nitrogens with zero attached hydrogens (tertiary/aromatic N) is 1. The lowest BCUT2D eigenvalue weighted by Crippen LogP contribution is -2.38. The molecule has 0 aliphatic rings. The van der Waals surface area contributed by atoms with Gasteiger partial charge in [-0.25, -0.2) is 8.42 Å². The standard InChI is InChI=1S/C29H27ClN2O5S/c1-20-9-16-27(36-3)28(17-20)38(34,35)32(23-13-10-21(2)26(30)18-23)19-29(33)31-22-11-14-25(15-12-22)37-24-7-5-4-6-8-24/h4-18H,19H2,1-3H3,(H,31,33). The minimum absolute atomic E-state index is 0.0492. The average molecular weight is 551 g/mol. The molecule has 38 heavy (non-hydrogen) atoms. The van der Waals surface area contributed by atoms with Gasteiger partial charge in [-0.05, 0) is 85.6 Å². The molecule has 196 valence electrons.